The van der Waals surface area contributed by atoms with E-state index < -0.39 is 36.7 Å². The third-order valence-electron chi connectivity index (χ3n) is 1.55. The molecule has 0 saturated carbocycles. The summed E-state index contributed by atoms with van der Waals surface area (Å²) in [6.45, 7) is -0.698. The molecule has 2 unspecified atom stereocenters. The highest BCUT2D eigenvalue weighted by Gasteiger charge is 2.45. The maximum absolute atomic E-state index is 10.8. The van der Waals surface area contributed by atoms with Crippen LogP contribution in [0.3, 0.4) is 0 Å². The van der Waals surface area contributed by atoms with Crippen LogP contribution in [0.4, 0.5) is 0 Å². The average Bonchev–Trinajstić information content (AvgIpc) is 2.32. The zero-order chi connectivity index (χ0) is 9.30. The first-order valence-electron chi connectivity index (χ1n) is 3.29. The van der Waals surface area contributed by atoms with Crippen molar-refractivity contribution >= 4 is 11.8 Å². The van der Waals surface area contributed by atoms with Gasteiger partial charge >= 0.3 is 5.97 Å². The molecule has 0 spiro atoms. The standard InChI is InChI=1S/C6H8O6/c7-1-2(8)5-3(9)4(10)6(11)12-5/h2,4-5,7-8,10H,1H2/t2-,4?,5?/m0/s1. The SMILES string of the molecule is O=C1OC([C@@H](O)CO)C(=O)C1O. The zero-order valence-corrected chi connectivity index (χ0v) is 6.01. The van der Waals surface area contributed by atoms with Crippen LogP contribution in [0.2, 0.25) is 0 Å². The number of rotatable bonds is 2. The maximum atomic E-state index is 10.8. The molecule has 3 N–H and O–H groups in total. The molecule has 1 fully saturated rings. The summed E-state index contributed by atoms with van der Waals surface area (Å²) in [6, 6.07) is 0. The number of Topliss-reactive ketones (excluding diaryl/α,β-unsaturated/α-hetero) is 1. The highest BCUT2D eigenvalue weighted by Crippen LogP contribution is 2.13. The van der Waals surface area contributed by atoms with Gasteiger partial charge in [0.15, 0.2) is 6.10 Å². The van der Waals surface area contributed by atoms with Crippen molar-refractivity contribution in [1.29, 1.82) is 0 Å². The third kappa shape index (κ3) is 1.31. The van der Waals surface area contributed by atoms with E-state index in [-0.39, 0.29) is 0 Å². The van der Waals surface area contributed by atoms with Crippen LogP contribution in [0.1, 0.15) is 0 Å². The van der Waals surface area contributed by atoms with Gasteiger partial charge in [0.25, 0.3) is 0 Å². The van der Waals surface area contributed by atoms with Gasteiger partial charge in [0.05, 0.1) is 6.61 Å². The second-order valence-electron chi connectivity index (χ2n) is 2.41. The quantitative estimate of drug-likeness (QED) is 0.310. The second kappa shape index (κ2) is 3.18. The summed E-state index contributed by atoms with van der Waals surface area (Å²) in [7, 11) is 0. The van der Waals surface area contributed by atoms with Gasteiger partial charge in [-0.15, -0.1) is 0 Å². The van der Waals surface area contributed by atoms with Gasteiger partial charge in [-0.3, -0.25) is 4.79 Å². The molecule has 68 valence electrons. The van der Waals surface area contributed by atoms with Crippen molar-refractivity contribution in [1.82, 2.24) is 0 Å². The Labute approximate surface area is 67.4 Å². The van der Waals surface area contributed by atoms with E-state index >= 15 is 0 Å². The van der Waals surface area contributed by atoms with Crippen LogP contribution in [-0.2, 0) is 14.3 Å². The lowest BCUT2D eigenvalue weighted by molar-refractivity contribution is -0.151. The van der Waals surface area contributed by atoms with Crippen LogP contribution >= 0.6 is 0 Å². The van der Waals surface area contributed by atoms with Gasteiger partial charge in [0.2, 0.25) is 11.9 Å². The molecular weight excluding hydrogens is 168 g/mol. The summed E-state index contributed by atoms with van der Waals surface area (Å²) in [6.07, 6.45) is -4.72. The number of carbonyl (C=O) groups is 2. The van der Waals surface area contributed by atoms with Crippen LogP contribution in [0, 0.1) is 0 Å². The van der Waals surface area contributed by atoms with E-state index in [1.165, 1.54) is 0 Å². The Balaban J connectivity index is 2.71. The summed E-state index contributed by atoms with van der Waals surface area (Å²) in [5, 5.41) is 26.1. The maximum Gasteiger partial charge on any atom is 0.343 e. The molecule has 0 amide bonds. The van der Waals surface area contributed by atoms with Crippen molar-refractivity contribution in [2.45, 2.75) is 18.3 Å². The number of hydrogen-bond donors (Lipinski definition) is 3. The monoisotopic (exact) mass is 176 g/mol. The minimum atomic E-state index is -1.82. The molecule has 1 rings (SSSR count). The van der Waals surface area contributed by atoms with Gasteiger partial charge in [0.1, 0.15) is 6.10 Å². The fourth-order valence-corrected chi connectivity index (χ4v) is 0.883. The van der Waals surface area contributed by atoms with Gasteiger partial charge < -0.3 is 20.1 Å². The average molecular weight is 176 g/mol. The largest absolute Gasteiger partial charge is 0.449 e. The lowest BCUT2D eigenvalue weighted by Crippen LogP contribution is -2.36. The number of hydrogen-bond acceptors (Lipinski definition) is 6. The Morgan fingerprint density at radius 2 is 2.08 bits per heavy atom. The molecule has 0 bridgehead atoms. The molecule has 0 aromatic rings. The predicted octanol–water partition coefficient (Wildman–Crippen LogP) is -2.80. The molecule has 1 aliphatic heterocycles. The molecule has 0 aromatic heterocycles. The Bertz CT molecular complexity index is 212. The van der Waals surface area contributed by atoms with Crippen molar-refractivity contribution < 1.29 is 29.6 Å². The number of carbonyl (C=O) groups excluding carboxylic acids is 2. The van der Waals surface area contributed by atoms with Crippen molar-refractivity contribution in [2.75, 3.05) is 6.61 Å². The smallest absolute Gasteiger partial charge is 0.343 e. The Morgan fingerprint density at radius 3 is 2.42 bits per heavy atom. The molecule has 0 radical (unpaired) electrons. The fourth-order valence-electron chi connectivity index (χ4n) is 0.883. The van der Waals surface area contributed by atoms with Crippen LogP contribution in [-0.4, -0.2) is 52.0 Å². The number of aliphatic hydroxyl groups is 3. The third-order valence-corrected chi connectivity index (χ3v) is 1.55. The van der Waals surface area contributed by atoms with E-state index in [0.717, 1.165) is 0 Å². The van der Waals surface area contributed by atoms with E-state index in [1.807, 2.05) is 0 Å². The summed E-state index contributed by atoms with van der Waals surface area (Å²) in [4.78, 5) is 21.4. The van der Waals surface area contributed by atoms with Gasteiger partial charge in [-0.05, 0) is 0 Å². The van der Waals surface area contributed by atoms with E-state index in [9.17, 15) is 9.59 Å². The molecule has 6 heteroatoms. The van der Waals surface area contributed by atoms with Gasteiger partial charge in [-0.1, -0.05) is 0 Å². The number of aliphatic hydroxyl groups excluding tert-OH is 3. The van der Waals surface area contributed by atoms with E-state index in [0.29, 0.717) is 0 Å². The van der Waals surface area contributed by atoms with Gasteiger partial charge in [-0.2, -0.15) is 0 Å². The van der Waals surface area contributed by atoms with Gasteiger partial charge in [-0.25, -0.2) is 4.79 Å². The van der Waals surface area contributed by atoms with Crippen LogP contribution in [0.5, 0.6) is 0 Å². The predicted molar refractivity (Wildman–Crippen MR) is 34.0 cm³/mol. The molecule has 0 aliphatic carbocycles. The molecule has 6 nitrogen and oxygen atoms in total. The second-order valence-corrected chi connectivity index (χ2v) is 2.41. The first kappa shape index (κ1) is 9.11. The summed E-state index contributed by atoms with van der Waals surface area (Å²) in [5.74, 6) is -2.00. The minimum Gasteiger partial charge on any atom is -0.449 e. The Kier molecular flexibility index (Phi) is 2.41. The lowest BCUT2D eigenvalue weighted by Gasteiger charge is -2.11. The first-order valence-corrected chi connectivity index (χ1v) is 3.29. The van der Waals surface area contributed by atoms with E-state index in [1.54, 1.807) is 0 Å². The molecule has 1 heterocycles. The summed E-state index contributed by atoms with van der Waals surface area (Å²) >= 11 is 0. The van der Waals surface area contributed by atoms with E-state index in [2.05, 4.69) is 4.74 Å². The zero-order valence-electron chi connectivity index (χ0n) is 6.01. The van der Waals surface area contributed by atoms with Crippen molar-refractivity contribution in [2.24, 2.45) is 0 Å². The van der Waals surface area contributed by atoms with Crippen molar-refractivity contribution in [3.05, 3.63) is 0 Å². The van der Waals surface area contributed by atoms with Crippen LogP contribution in [0.25, 0.3) is 0 Å². The first-order chi connectivity index (χ1) is 5.57. The summed E-state index contributed by atoms with van der Waals surface area (Å²) < 4.78 is 4.29. The van der Waals surface area contributed by atoms with E-state index in [4.69, 9.17) is 15.3 Å². The molecular formula is C6H8O6. The van der Waals surface area contributed by atoms with Crippen LogP contribution in [0.15, 0.2) is 0 Å². The number of ether oxygens (including phenoxy) is 1. The number of esters is 1. The lowest BCUT2D eigenvalue weighted by atomic mass is 10.1. The molecule has 1 saturated heterocycles. The number of cyclic esters (lactones) is 1. The Hall–Kier alpha value is -0.980. The highest BCUT2D eigenvalue weighted by molar-refractivity contribution is 6.09. The summed E-state index contributed by atoms with van der Waals surface area (Å²) in [5.41, 5.74) is 0. The Morgan fingerprint density at radius 1 is 1.50 bits per heavy atom. The molecule has 12 heavy (non-hydrogen) atoms. The molecule has 3 atom stereocenters. The highest BCUT2D eigenvalue weighted by atomic mass is 16.6. The normalized spacial score (nSPS) is 31.9. The number of ketones is 1. The molecule has 1 aliphatic rings. The van der Waals surface area contributed by atoms with Crippen molar-refractivity contribution in [3.8, 4) is 0 Å². The fraction of sp³-hybridized carbons (Fsp3) is 0.667. The molecule has 0 aromatic carbocycles. The van der Waals surface area contributed by atoms with Gasteiger partial charge in [0, 0.05) is 0 Å². The topological polar surface area (TPSA) is 104 Å². The van der Waals surface area contributed by atoms with Crippen molar-refractivity contribution in [3.63, 3.8) is 0 Å². The minimum absolute atomic E-state index is 0.698. The van der Waals surface area contributed by atoms with Crippen LogP contribution < -0.4 is 0 Å².